The summed E-state index contributed by atoms with van der Waals surface area (Å²) < 4.78 is 32.9. The van der Waals surface area contributed by atoms with Crippen molar-refractivity contribution >= 4 is 15.7 Å². The van der Waals surface area contributed by atoms with Crippen LogP contribution in [0.3, 0.4) is 0 Å². The summed E-state index contributed by atoms with van der Waals surface area (Å²) in [5.74, 6) is 0.519. The largest absolute Gasteiger partial charge is 0.497 e. The lowest BCUT2D eigenvalue weighted by molar-refractivity contribution is 0.146. The van der Waals surface area contributed by atoms with Gasteiger partial charge in [-0.25, -0.2) is 8.42 Å². The molecule has 1 aliphatic rings. The van der Waals surface area contributed by atoms with Crippen molar-refractivity contribution in [3.05, 3.63) is 53.6 Å². The lowest BCUT2D eigenvalue weighted by Crippen LogP contribution is -2.34. The zero-order chi connectivity index (χ0) is 18.2. The Balaban J connectivity index is 2.15. The Labute approximate surface area is 147 Å². The van der Waals surface area contributed by atoms with Gasteiger partial charge in [0.2, 0.25) is 0 Å². The van der Waals surface area contributed by atoms with Gasteiger partial charge in [0.25, 0.3) is 10.0 Å². The van der Waals surface area contributed by atoms with Gasteiger partial charge >= 0.3 is 0 Å². The second-order valence-corrected chi connectivity index (χ2v) is 8.07. The van der Waals surface area contributed by atoms with E-state index in [-0.39, 0.29) is 11.4 Å². The predicted molar refractivity (Wildman–Crippen MR) is 96.3 cm³/mol. The highest BCUT2D eigenvalue weighted by Crippen LogP contribution is 2.38. The summed E-state index contributed by atoms with van der Waals surface area (Å²) in [5, 5.41) is 10.5. The lowest BCUT2D eigenvalue weighted by atomic mass is 10.0. The van der Waals surface area contributed by atoms with Gasteiger partial charge < -0.3 is 15.6 Å². The zero-order valence-electron chi connectivity index (χ0n) is 14.2. The molecule has 0 bridgehead atoms. The zero-order valence-corrected chi connectivity index (χ0v) is 15.0. The molecule has 1 heterocycles. The molecule has 0 saturated carbocycles. The standard InChI is InChI=1S/C18H22N2O4S/c1-12-3-6-14(7-4-12)25(22,23)20-10-9-16(19)18(21)15-8-5-13(24-2)11-17(15)20/h3-8,11,16,18,21H,9-10,19H2,1-2H3/t16-,18-/m0/s1. The molecule has 2 aromatic carbocycles. The van der Waals surface area contributed by atoms with Gasteiger partial charge in [-0.05, 0) is 31.5 Å². The quantitative estimate of drug-likeness (QED) is 0.871. The van der Waals surface area contributed by atoms with Crippen LogP contribution in [0.25, 0.3) is 0 Å². The van der Waals surface area contributed by atoms with Gasteiger partial charge in [0.05, 0.1) is 23.8 Å². The van der Waals surface area contributed by atoms with Crippen LogP contribution in [0, 0.1) is 6.92 Å². The molecule has 0 amide bonds. The topological polar surface area (TPSA) is 92.9 Å². The van der Waals surface area contributed by atoms with Gasteiger partial charge in [-0.3, -0.25) is 4.31 Å². The van der Waals surface area contributed by atoms with Crippen LogP contribution < -0.4 is 14.8 Å². The van der Waals surface area contributed by atoms with E-state index in [2.05, 4.69) is 0 Å². The predicted octanol–water partition coefficient (Wildman–Crippen LogP) is 1.96. The van der Waals surface area contributed by atoms with Gasteiger partial charge in [-0.1, -0.05) is 23.8 Å². The molecule has 0 radical (unpaired) electrons. The van der Waals surface area contributed by atoms with Crippen molar-refractivity contribution in [2.75, 3.05) is 18.0 Å². The summed E-state index contributed by atoms with van der Waals surface area (Å²) >= 11 is 0. The van der Waals surface area contributed by atoms with Crippen LogP contribution >= 0.6 is 0 Å². The Morgan fingerprint density at radius 1 is 1.20 bits per heavy atom. The first kappa shape index (κ1) is 17.7. The third-order valence-corrected chi connectivity index (χ3v) is 6.33. The average Bonchev–Trinajstić information content (AvgIpc) is 2.72. The van der Waals surface area contributed by atoms with Crippen molar-refractivity contribution in [2.45, 2.75) is 30.4 Å². The molecule has 0 spiro atoms. The number of aryl methyl sites for hydroxylation is 1. The van der Waals surface area contributed by atoms with Gasteiger partial charge in [0.1, 0.15) is 5.75 Å². The minimum atomic E-state index is -3.78. The van der Waals surface area contributed by atoms with Crippen LogP contribution in [0.1, 0.15) is 23.7 Å². The summed E-state index contributed by atoms with van der Waals surface area (Å²) in [6.07, 6.45) is -0.581. The van der Waals surface area contributed by atoms with E-state index in [4.69, 9.17) is 10.5 Å². The van der Waals surface area contributed by atoms with E-state index in [1.54, 1.807) is 42.5 Å². The van der Waals surface area contributed by atoms with Gasteiger partial charge in [-0.15, -0.1) is 0 Å². The van der Waals surface area contributed by atoms with Crippen molar-refractivity contribution < 1.29 is 18.3 Å². The highest BCUT2D eigenvalue weighted by Gasteiger charge is 2.34. The summed E-state index contributed by atoms with van der Waals surface area (Å²) in [5.41, 5.74) is 7.90. The first-order chi connectivity index (χ1) is 11.8. The van der Waals surface area contributed by atoms with Crippen molar-refractivity contribution in [1.82, 2.24) is 0 Å². The first-order valence-electron chi connectivity index (χ1n) is 8.05. The van der Waals surface area contributed by atoms with Gasteiger partial charge in [0.15, 0.2) is 0 Å². The molecule has 3 N–H and O–H groups in total. The lowest BCUT2D eigenvalue weighted by Gasteiger charge is -2.25. The number of benzene rings is 2. The van der Waals surface area contributed by atoms with E-state index >= 15 is 0 Å². The Bertz CT molecular complexity index is 865. The summed E-state index contributed by atoms with van der Waals surface area (Å²) in [7, 11) is -2.26. The number of sulfonamides is 1. The second-order valence-electron chi connectivity index (χ2n) is 6.21. The number of hydrogen-bond donors (Lipinski definition) is 2. The van der Waals surface area contributed by atoms with Crippen molar-refractivity contribution in [3.8, 4) is 5.75 Å². The molecule has 6 nitrogen and oxygen atoms in total. The summed E-state index contributed by atoms with van der Waals surface area (Å²) in [6, 6.07) is 11.2. The smallest absolute Gasteiger partial charge is 0.264 e. The fourth-order valence-corrected chi connectivity index (χ4v) is 4.48. The number of methoxy groups -OCH3 is 1. The van der Waals surface area contributed by atoms with E-state index in [9.17, 15) is 13.5 Å². The molecular formula is C18H22N2O4S. The molecule has 25 heavy (non-hydrogen) atoms. The second kappa shape index (κ2) is 6.67. The number of rotatable bonds is 3. The van der Waals surface area contributed by atoms with E-state index in [1.807, 2.05) is 6.92 Å². The highest BCUT2D eigenvalue weighted by atomic mass is 32.2. The monoisotopic (exact) mass is 362 g/mol. The molecule has 2 atom stereocenters. The number of anilines is 1. The van der Waals surface area contributed by atoms with Crippen LogP contribution in [0.5, 0.6) is 5.75 Å². The Morgan fingerprint density at radius 2 is 1.88 bits per heavy atom. The number of aliphatic hydroxyl groups excluding tert-OH is 1. The fourth-order valence-electron chi connectivity index (χ4n) is 2.98. The van der Waals surface area contributed by atoms with E-state index in [0.717, 1.165) is 5.56 Å². The number of hydrogen-bond acceptors (Lipinski definition) is 5. The minimum absolute atomic E-state index is 0.189. The number of ether oxygens (including phenoxy) is 1. The van der Waals surface area contributed by atoms with Crippen molar-refractivity contribution in [3.63, 3.8) is 0 Å². The fraction of sp³-hybridized carbons (Fsp3) is 0.333. The van der Waals surface area contributed by atoms with Crippen LogP contribution in [-0.4, -0.2) is 33.2 Å². The molecule has 0 fully saturated rings. The normalized spacial score (nSPS) is 20.7. The maximum atomic E-state index is 13.2. The molecule has 7 heteroatoms. The molecule has 0 unspecified atom stereocenters. The third-order valence-electron chi connectivity index (χ3n) is 4.50. The maximum absolute atomic E-state index is 13.2. The third kappa shape index (κ3) is 3.22. The van der Waals surface area contributed by atoms with E-state index in [0.29, 0.717) is 23.4 Å². The van der Waals surface area contributed by atoms with Crippen molar-refractivity contribution in [2.24, 2.45) is 5.73 Å². The highest BCUT2D eigenvalue weighted by molar-refractivity contribution is 7.92. The molecule has 0 aliphatic carbocycles. The Hall–Kier alpha value is -2.09. The van der Waals surface area contributed by atoms with E-state index < -0.39 is 22.2 Å². The Morgan fingerprint density at radius 3 is 2.52 bits per heavy atom. The molecule has 3 rings (SSSR count). The van der Waals surface area contributed by atoms with Gasteiger partial charge in [-0.2, -0.15) is 0 Å². The molecular weight excluding hydrogens is 340 g/mol. The summed E-state index contributed by atoms with van der Waals surface area (Å²) in [4.78, 5) is 0.205. The summed E-state index contributed by atoms with van der Waals surface area (Å²) in [6.45, 7) is 2.09. The van der Waals surface area contributed by atoms with Crippen molar-refractivity contribution in [1.29, 1.82) is 0 Å². The number of aliphatic hydroxyl groups is 1. The molecule has 0 aromatic heterocycles. The van der Waals surface area contributed by atoms with Crippen LogP contribution in [0.4, 0.5) is 5.69 Å². The molecule has 1 aliphatic heterocycles. The number of fused-ring (bicyclic) bond motifs is 1. The molecule has 2 aromatic rings. The SMILES string of the molecule is COc1ccc2c(c1)N(S(=O)(=O)c1ccc(C)cc1)CC[C@H](N)[C@H]2O. The average molecular weight is 362 g/mol. The van der Waals surface area contributed by atoms with Crippen LogP contribution in [0.15, 0.2) is 47.4 Å². The molecule has 134 valence electrons. The molecule has 0 saturated heterocycles. The van der Waals surface area contributed by atoms with Gasteiger partial charge in [0, 0.05) is 24.2 Å². The minimum Gasteiger partial charge on any atom is -0.497 e. The van der Waals surface area contributed by atoms with Crippen LogP contribution in [-0.2, 0) is 10.0 Å². The van der Waals surface area contributed by atoms with E-state index in [1.165, 1.54) is 11.4 Å². The van der Waals surface area contributed by atoms with Crippen LogP contribution in [0.2, 0.25) is 0 Å². The maximum Gasteiger partial charge on any atom is 0.264 e. The number of nitrogens with two attached hydrogens (primary N) is 1. The first-order valence-corrected chi connectivity index (χ1v) is 9.49. The Kier molecular flexibility index (Phi) is 4.73. The number of nitrogens with zero attached hydrogens (tertiary/aromatic N) is 1.